The average Bonchev–Trinajstić information content (AvgIpc) is 3.76. The zero-order valence-electron chi connectivity index (χ0n) is 42.7. The van der Waals surface area contributed by atoms with Crippen molar-refractivity contribution in [3.63, 3.8) is 0 Å². The molecule has 0 atom stereocenters. The van der Waals surface area contributed by atoms with Crippen molar-refractivity contribution < 1.29 is 0 Å². The summed E-state index contributed by atoms with van der Waals surface area (Å²) in [6.07, 6.45) is 12.6. The van der Waals surface area contributed by atoms with Gasteiger partial charge in [0.05, 0.1) is 0 Å². The Morgan fingerprint density at radius 1 is 0.657 bits per heavy atom. The van der Waals surface area contributed by atoms with E-state index >= 15 is 0 Å². The maximum Gasteiger partial charge on any atom is 0.0355 e. The van der Waals surface area contributed by atoms with Gasteiger partial charge in [-0.2, -0.15) is 0 Å². The van der Waals surface area contributed by atoms with Crippen molar-refractivity contribution in [2.45, 2.75) is 101 Å². The zero-order valence-corrected chi connectivity index (χ0v) is 43.5. The quantitative estimate of drug-likeness (QED) is 0.127. The van der Waals surface area contributed by atoms with Crippen LogP contribution in [0.3, 0.4) is 0 Å². The Morgan fingerprint density at radius 2 is 1.25 bits per heavy atom. The molecule has 0 nitrogen and oxygen atoms in total. The summed E-state index contributed by atoms with van der Waals surface area (Å²) < 4.78 is 2.46. The third-order valence-electron chi connectivity index (χ3n) is 12.9. The highest BCUT2D eigenvalue weighted by molar-refractivity contribution is 7.17. The molecule has 8 rings (SSSR count). The fourth-order valence-corrected chi connectivity index (χ4v) is 10.4. The molecule has 7 aromatic rings. The van der Waals surface area contributed by atoms with E-state index in [1.54, 1.807) is 11.3 Å². The van der Waals surface area contributed by atoms with Crippen LogP contribution in [0.4, 0.5) is 0 Å². The molecule has 344 valence electrons. The lowest BCUT2D eigenvalue weighted by molar-refractivity contribution is 0.659. The van der Waals surface area contributed by atoms with Crippen molar-refractivity contribution in [1.82, 2.24) is 0 Å². The first-order valence-electron chi connectivity index (χ1n) is 24.0. The summed E-state index contributed by atoms with van der Waals surface area (Å²) in [5, 5.41) is 2.59. The number of thiophene rings is 1. The Labute approximate surface area is 408 Å². The molecule has 0 aliphatic heterocycles. The largest absolute Gasteiger partial charge is 0.136 e. The van der Waals surface area contributed by atoms with E-state index in [1.165, 1.54) is 110 Å². The van der Waals surface area contributed by atoms with E-state index in [0.717, 1.165) is 17.4 Å². The van der Waals surface area contributed by atoms with Crippen LogP contribution in [0, 0.1) is 40.5 Å². The number of benzene rings is 6. The van der Waals surface area contributed by atoms with Gasteiger partial charge in [-0.25, -0.2) is 0 Å². The molecule has 0 spiro atoms. The van der Waals surface area contributed by atoms with Crippen LogP contribution >= 0.6 is 11.3 Å². The van der Waals surface area contributed by atoms with Crippen molar-refractivity contribution in [3.8, 4) is 22.3 Å². The molecule has 67 heavy (non-hydrogen) atoms. The highest BCUT2D eigenvalue weighted by Gasteiger charge is 2.37. The topological polar surface area (TPSA) is 0 Å². The Balaban J connectivity index is 0.000000170. The molecule has 0 bridgehead atoms. The first-order chi connectivity index (χ1) is 32.1. The minimum absolute atomic E-state index is 0.0406. The van der Waals surface area contributed by atoms with Crippen LogP contribution < -0.4 is 9.75 Å². The minimum Gasteiger partial charge on any atom is -0.136 e. The van der Waals surface area contributed by atoms with E-state index in [-0.39, 0.29) is 5.41 Å². The van der Waals surface area contributed by atoms with Crippen LogP contribution in [0.1, 0.15) is 117 Å². The molecule has 0 radical (unpaired) electrons. The molecule has 1 heteroatoms. The van der Waals surface area contributed by atoms with E-state index < -0.39 is 0 Å². The van der Waals surface area contributed by atoms with E-state index in [2.05, 4.69) is 237 Å². The van der Waals surface area contributed by atoms with Gasteiger partial charge in [-0.1, -0.05) is 230 Å². The van der Waals surface area contributed by atoms with Gasteiger partial charge < -0.3 is 0 Å². The molecule has 0 saturated carbocycles. The number of fused-ring (bicyclic) bond motifs is 4. The standard InChI is InChI=1S/C21H22.C18H26.C14H14S.C13H12/c1-7-15-14(4)12-19-20(16(15)8-2)17-10-9-13(3)11-18(17)21(19,5)6;1-7-9-17(13(3)4)16(8-2)18-11-10-14(5)12-15(18)6;1-4-11(5-2)14-10(3)15-13-9-7-6-8-12(13)14;1-11-7-9-13(10-8-11)12-5-3-2-4-6-12/h7-12H,1-2H2,3-6H3;8-13H,7H2,1-6H3;4,6-9H,1,3,5H2,2H3;2-10H,1H3/b;16-8+,17-9-;14-11-;. The molecule has 1 aliphatic carbocycles. The fourth-order valence-electron chi connectivity index (χ4n) is 9.38. The molecule has 0 fully saturated rings. The third kappa shape index (κ3) is 11.8. The first-order valence-corrected chi connectivity index (χ1v) is 24.8. The molecule has 1 aromatic heterocycles. The van der Waals surface area contributed by atoms with Gasteiger partial charge in [0, 0.05) is 25.3 Å². The lowest BCUT2D eigenvalue weighted by atomic mass is 9.80. The summed E-state index contributed by atoms with van der Waals surface area (Å²) in [5.41, 5.74) is 22.6. The van der Waals surface area contributed by atoms with E-state index in [9.17, 15) is 0 Å². The highest BCUT2D eigenvalue weighted by atomic mass is 32.1. The van der Waals surface area contributed by atoms with Gasteiger partial charge in [-0.3, -0.25) is 0 Å². The van der Waals surface area contributed by atoms with Crippen LogP contribution in [0.15, 0.2) is 165 Å². The lowest BCUT2D eigenvalue weighted by Gasteiger charge is -2.23. The van der Waals surface area contributed by atoms with Crippen molar-refractivity contribution in [2.75, 3.05) is 0 Å². The summed E-state index contributed by atoms with van der Waals surface area (Å²) >= 11 is 1.76. The monoisotopic (exact) mass is 899 g/mol. The second kappa shape index (κ2) is 23.4. The number of aryl methyl sites for hydroxylation is 5. The zero-order chi connectivity index (χ0) is 49.0. The van der Waals surface area contributed by atoms with Gasteiger partial charge in [0.15, 0.2) is 0 Å². The van der Waals surface area contributed by atoms with Crippen molar-refractivity contribution in [2.24, 2.45) is 5.92 Å². The number of allylic oxidation sites excluding steroid dienone is 5. The van der Waals surface area contributed by atoms with E-state index in [0.29, 0.717) is 5.92 Å². The van der Waals surface area contributed by atoms with Crippen LogP contribution in [0.2, 0.25) is 0 Å². The molecule has 0 N–H and O–H groups in total. The summed E-state index contributed by atoms with van der Waals surface area (Å²) in [4.78, 5) is 0. The van der Waals surface area contributed by atoms with Crippen LogP contribution in [-0.4, -0.2) is 0 Å². The van der Waals surface area contributed by atoms with Gasteiger partial charge in [-0.15, -0.1) is 11.3 Å². The summed E-state index contributed by atoms with van der Waals surface area (Å²) in [7, 11) is 0. The molecule has 0 saturated heterocycles. The molecule has 1 aliphatic rings. The molecular formula is C66H74S. The van der Waals surface area contributed by atoms with Crippen molar-refractivity contribution in [3.05, 3.63) is 230 Å². The normalized spacial score (nSPS) is 12.9. The molecule has 6 aromatic carbocycles. The Hall–Kier alpha value is -6.28. The van der Waals surface area contributed by atoms with Crippen LogP contribution in [0.5, 0.6) is 0 Å². The molecule has 0 amide bonds. The summed E-state index contributed by atoms with van der Waals surface area (Å²) in [6.45, 7) is 42.5. The molecule has 0 unspecified atom stereocenters. The number of hydrogen-bond donors (Lipinski definition) is 0. The van der Waals surface area contributed by atoms with Gasteiger partial charge in [-0.05, 0) is 144 Å². The predicted octanol–water partition coefficient (Wildman–Crippen LogP) is 18.3. The van der Waals surface area contributed by atoms with E-state index in [4.69, 9.17) is 0 Å². The fraction of sp³-hybridized carbons (Fsp3) is 0.242. The predicted molar refractivity (Wildman–Crippen MR) is 304 cm³/mol. The maximum atomic E-state index is 4.12. The molecule has 1 heterocycles. The Bertz CT molecular complexity index is 3030. The highest BCUT2D eigenvalue weighted by Crippen LogP contribution is 2.52. The lowest BCUT2D eigenvalue weighted by Crippen LogP contribution is -2.19. The van der Waals surface area contributed by atoms with Crippen molar-refractivity contribution >= 4 is 51.3 Å². The first kappa shape index (κ1) is 51.7. The second-order valence-electron chi connectivity index (χ2n) is 18.5. The maximum absolute atomic E-state index is 4.12. The van der Waals surface area contributed by atoms with Gasteiger partial charge >= 0.3 is 0 Å². The summed E-state index contributed by atoms with van der Waals surface area (Å²) in [5.74, 6) is 0.567. The average molecular weight is 899 g/mol. The van der Waals surface area contributed by atoms with Crippen LogP contribution in [0.25, 0.3) is 62.2 Å². The Morgan fingerprint density at radius 3 is 1.84 bits per heavy atom. The number of rotatable bonds is 9. The Kier molecular flexibility index (Phi) is 18.1. The minimum atomic E-state index is 0.0406. The van der Waals surface area contributed by atoms with Crippen molar-refractivity contribution in [1.29, 1.82) is 0 Å². The van der Waals surface area contributed by atoms with Gasteiger partial charge in [0.2, 0.25) is 0 Å². The SMILES string of the molecule is C/C=C(\C(=C/CC)C(C)C)c1ccc(C)cc1C.C=C/C(CC)=c1\c(=C)sc2ccccc12.C=Cc1c(C)cc2c(c1C=C)-c1ccc(C)cc1C2(C)C.Cc1ccc(-c2ccccc2)cc1. The second-order valence-corrected chi connectivity index (χ2v) is 19.6. The van der Waals surface area contributed by atoms with Gasteiger partial charge in [0.25, 0.3) is 0 Å². The van der Waals surface area contributed by atoms with Crippen LogP contribution in [-0.2, 0) is 5.41 Å². The van der Waals surface area contributed by atoms with Gasteiger partial charge in [0.1, 0.15) is 0 Å². The molecular weight excluding hydrogens is 825 g/mol. The smallest absolute Gasteiger partial charge is 0.0355 e. The summed E-state index contributed by atoms with van der Waals surface area (Å²) in [6, 6.07) is 43.3. The van der Waals surface area contributed by atoms with E-state index in [1.807, 2.05) is 24.3 Å². The third-order valence-corrected chi connectivity index (χ3v) is 13.9. The number of hydrogen-bond acceptors (Lipinski definition) is 1.